The molecule has 1 aromatic heterocycles. The molecule has 0 radical (unpaired) electrons. The Kier molecular flexibility index (Phi) is 4.93. The van der Waals surface area contributed by atoms with E-state index in [2.05, 4.69) is 10.3 Å². The maximum Gasteiger partial charge on any atom is 0.360 e. The van der Waals surface area contributed by atoms with E-state index in [0.29, 0.717) is 24.7 Å². The van der Waals surface area contributed by atoms with E-state index < -0.39 is 5.97 Å². The third-order valence-corrected chi connectivity index (χ3v) is 3.64. The molecule has 0 bridgehead atoms. The summed E-state index contributed by atoms with van der Waals surface area (Å²) in [5, 5.41) is 7.83. The molecule has 7 heteroatoms. The lowest BCUT2D eigenvalue weighted by atomic mass is 10.2. The topological polar surface area (TPSA) is 77.3 Å². The van der Waals surface area contributed by atoms with Crippen molar-refractivity contribution in [2.24, 2.45) is 0 Å². The lowest BCUT2D eigenvalue weighted by Crippen LogP contribution is -2.36. The van der Waals surface area contributed by atoms with Crippen molar-refractivity contribution in [3.63, 3.8) is 0 Å². The van der Waals surface area contributed by atoms with Crippen molar-refractivity contribution in [1.29, 1.82) is 0 Å². The lowest BCUT2D eigenvalue weighted by Gasteiger charge is -2.20. The van der Waals surface area contributed by atoms with Crippen LogP contribution in [0.4, 0.5) is 0 Å². The molecule has 1 aliphatic rings. The third kappa shape index (κ3) is 3.40. The van der Waals surface area contributed by atoms with Gasteiger partial charge in [0.05, 0.1) is 12.8 Å². The molecule has 2 rings (SSSR count). The zero-order chi connectivity index (χ0) is 15.4. The number of likely N-dealkylation sites (N-methyl/N-ethyl adjacent to an activating group) is 1. The van der Waals surface area contributed by atoms with Crippen LogP contribution in [0.1, 0.15) is 49.3 Å². The molecule has 0 aromatic carbocycles. The summed E-state index contributed by atoms with van der Waals surface area (Å²) in [6, 6.07) is 0.376. The molecule has 0 N–H and O–H groups in total. The van der Waals surface area contributed by atoms with Gasteiger partial charge in [0, 0.05) is 12.6 Å². The van der Waals surface area contributed by atoms with E-state index in [4.69, 9.17) is 4.74 Å². The molecule has 1 saturated carbocycles. The predicted octanol–water partition coefficient (Wildman–Crippen LogP) is 1.03. The molecule has 1 fully saturated rings. The second-order valence-electron chi connectivity index (χ2n) is 5.19. The number of hydrogen-bond acceptors (Lipinski definition) is 5. The van der Waals surface area contributed by atoms with Gasteiger partial charge in [-0.25, -0.2) is 9.48 Å². The van der Waals surface area contributed by atoms with Crippen LogP contribution in [0.3, 0.4) is 0 Å². The highest BCUT2D eigenvalue weighted by Crippen LogP contribution is 2.26. The van der Waals surface area contributed by atoms with Gasteiger partial charge in [0.2, 0.25) is 5.91 Å². The second-order valence-corrected chi connectivity index (χ2v) is 5.19. The van der Waals surface area contributed by atoms with Crippen LogP contribution in [-0.2, 0) is 22.5 Å². The number of carbonyl (C=O) groups is 2. The van der Waals surface area contributed by atoms with Gasteiger partial charge in [-0.1, -0.05) is 18.6 Å². The number of carbonyl (C=O) groups excluding carboxylic acids is 2. The minimum atomic E-state index is -0.508. The van der Waals surface area contributed by atoms with Crippen molar-refractivity contribution >= 4 is 11.9 Å². The Morgan fingerprint density at radius 3 is 2.62 bits per heavy atom. The molecule has 1 heterocycles. The monoisotopic (exact) mass is 294 g/mol. The highest BCUT2D eigenvalue weighted by molar-refractivity contribution is 5.88. The molecular weight excluding hydrogens is 272 g/mol. The van der Waals surface area contributed by atoms with Gasteiger partial charge in [0.15, 0.2) is 5.69 Å². The molecule has 0 saturated heterocycles. The van der Waals surface area contributed by atoms with E-state index >= 15 is 0 Å². The first-order chi connectivity index (χ1) is 10.1. The van der Waals surface area contributed by atoms with Crippen molar-refractivity contribution in [3.05, 3.63) is 11.4 Å². The van der Waals surface area contributed by atoms with E-state index in [9.17, 15) is 9.59 Å². The predicted molar refractivity (Wildman–Crippen MR) is 75.8 cm³/mol. The maximum atomic E-state index is 12.4. The number of methoxy groups -OCH3 is 1. The number of hydrogen-bond donors (Lipinski definition) is 0. The number of nitrogens with zero attached hydrogens (tertiary/aromatic N) is 4. The number of esters is 1. The Hall–Kier alpha value is -1.92. The SMILES string of the molecule is CCCc1c(C(=O)OC)nnn1CC(=O)N(CC)C1CC1. The van der Waals surface area contributed by atoms with Crippen LogP contribution in [0.2, 0.25) is 0 Å². The van der Waals surface area contributed by atoms with E-state index in [1.54, 1.807) is 0 Å². The highest BCUT2D eigenvalue weighted by Gasteiger charge is 2.32. The Balaban J connectivity index is 2.16. The van der Waals surface area contributed by atoms with E-state index in [0.717, 1.165) is 19.3 Å². The van der Waals surface area contributed by atoms with Crippen LogP contribution < -0.4 is 0 Å². The van der Waals surface area contributed by atoms with Gasteiger partial charge in [-0.15, -0.1) is 5.10 Å². The van der Waals surface area contributed by atoms with E-state index in [-0.39, 0.29) is 18.1 Å². The van der Waals surface area contributed by atoms with Crippen molar-refractivity contribution in [3.8, 4) is 0 Å². The van der Waals surface area contributed by atoms with E-state index in [1.165, 1.54) is 11.8 Å². The van der Waals surface area contributed by atoms with Crippen LogP contribution >= 0.6 is 0 Å². The molecule has 1 aliphatic carbocycles. The molecular formula is C14H22N4O3. The molecule has 1 aromatic rings. The molecule has 21 heavy (non-hydrogen) atoms. The highest BCUT2D eigenvalue weighted by atomic mass is 16.5. The normalized spacial score (nSPS) is 14.0. The van der Waals surface area contributed by atoms with Crippen LogP contribution in [0.5, 0.6) is 0 Å². The van der Waals surface area contributed by atoms with Gasteiger partial charge in [-0.3, -0.25) is 4.79 Å². The average Bonchev–Trinajstić information content (AvgIpc) is 3.23. The summed E-state index contributed by atoms with van der Waals surface area (Å²) in [6.45, 7) is 4.81. The fourth-order valence-corrected chi connectivity index (χ4v) is 2.44. The smallest absolute Gasteiger partial charge is 0.360 e. The Morgan fingerprint density at radius 1 is 1.38 bits per heavy atom. The van der Waals surface area contributed by atoms with Gasteiger partial charge in [-0.2, -0.15) is 0 Å². The number of aromatic nitrogens is 3. The third-order valence-electron chi connectivity index (χ3n) is 3.64. The zero-order valence-corrected chi connectivity index (χ0v) is 12.8. The fourth-order valence-electron chi connectivity index (χ4n) is 2.44. The summed E-state index contributed by atoms with van der Waals surface area (Å²) in [7, 11) is 1.31. The minimum Gasteiger partial charge on any atom is -0.464 e. The molecule has 0 spiro atoms. The summed E-state index contributed by atoms with van der Waals surface area (Å²) in [4.78, 5) is 25.9. The van der Waals surface area contributed by atoms with Crippen LogP contribution in [0, 0.1) is 0 Å². The van der Waals surface area contributed by atoms with Crippen molar-refractivity contribution in [2.75, 3.05) is 13.7 Å². The first-order valence-corrected chi connectivity index (χ1v) is 7.42. The summed E-state index contributed by atoms with van der Waals surface area (Å²) >= 11 is 0. The van der Waals surface area contributed by atoms with Gasteiger partial charge < -0.3 is 9.64 Å². The summed E-state index contributed by atoms with van der Waals surface area (Å²) in [6.07, 6.45) is 3.63. The van der Waals surface area contributed by atoms with Crippen molar-refractivity contribution in [1.82, 2.24) is 19.9 Å². The zero-order valence-electron chi connectivity index (χ0n) is 12.8. The fraction of sp³-hybridized carbons (Fsp3) is 0.714. The van der Waals surface area contributed by atoms with Gasteiger partial charge in [-0.05, 0) is 26.2 Å². The molecule has 1 amide bonds. The Morgan fingerprint density at radius 2 is 2.10 bits per heavy atom. The summed E-state index contributed by atoms with van der Waals surface area (Å²) in [5.74, 6) is -0.481. The maximum absolute atomic E-state index is 12.4. The first-order valence-electron chi connectivity index (χ1n) is 7.42. The lowest BCUT2D eigenvalue weighted by molar-refractivity contribution is -0.132. The van der Waals surface area contributed by atoms with Crippen LogP contribution in [0.15, 0.2) is 0 Å². The van der Waals surface area contributed by atoms with Gasteiger partial charge in [0.1, 0.15) is 6.54 Å². The van der Waals surface area contributed by atoms with Crippen molar-refractivity contribution < 1.29 is 14.3 Å². The molecule has 0 unspecified atom stereocenters. The molecule has 0 atom stereocenters. The molecule has 7 nitrogen and oxygen atoms in total. The second kappa shape index (κ2) is 6.69. The number of amides is 1. The van der Waals surface area contributed by atoms with Gasteiger partial charge in [0.25, 0.3) is 0 Å². The van der Waals surface area contributed by atoms with E-state index in [1.807, 2.05) is 18.7 Å². The minimum absolute atomic E-state index is 0.0265. The van der Waals surface area contributed by atoms with Crippen LogP contribution in [0.25, 0.3) is 0 Å². The van der Waals surface area contributed by atoms with Gasteiger partial charge >= 0.3 is 5.97 Å². The Labute approximate surface area is 124 Å². The Bertz CT molecular complexity index is 522. The molecule has 0 aliphatic heterocycles. The quantitative estimate of drug-likeness (QED) is 0.702. The summed E-state index contributed by atoms with van der Waals surface area (Å²) < 4.78 is 6.24. The standard InChI is InChI=1S/C14H22N4O3/c1-4-6-11-13(14(20)21-3)15-16-18(11)9-12(19)17(5-2)10-7-8-10/h10H,4-9H2,1-3H3. The number of ether oxygens (including phenoxy) is 1. The molecule has 116 valence electrons. The van der Waals surface area contributed by atoms with Crippen molar-refractivity contribution in [2.45, 2.75) is 52.1 Å². The summed E-state index contributed by atoms with van der Waals surface area (Å²) in [5.41, 5.74) is 0.881. The number of rotatable bonds is 7. The largest absolute Gasteiger partial charge is 0.464 e. The van der Waals surface area contributed by atoms with Crippen LogP contribution in [-0.4, -0.2) is 51.5 Å². The first kappa shape index (κ1) is 15.5. The average molecular weight is 294 g/mol.